The highest BCUT2D eigenvalue weighted by Crippen LogP contribution is 2.26. The summed E-state index contributed by atoms with van der Waals surface area (Å²) in [5.41, 5.74) is 1.01. The number of nitrogens with zero attached hydrogens (tertiary/aromatic N) is 5. The third-order valence-corrected chi connectivity index (χ3v) is 6.18. The van der Waals surface area contributed by atoms with Crippen LogP contribution in [0, 0.1) is 0 Å². The maximum Gasteiger partial charge on any atom is 0.392 e. The first kappa shape index (κ1) is 23.9. The molecule has 1 unspecified atom stereocenters. The lowest BCUT2D eigenvalue weighted by molar-refractivity contribution is -0.554. The van der Waals surface area contributed by atoms with E-state index in [1.165, 1.54) is 4.90 Å². The highest BCUT2D eigenvalue weighted by Gasteiger charge is 2.56. The standard InChI is InChI=1S/C24H32N5O5/c1-3-4-8-13-34-19(30)17-29-22(31)20-21(26(2)24(29)32)25-23(27-11-14-33-15-12-27)28(20)16-18-9-6-5-7-10-18/h5-7,9-10,20H,3-4,8,11-17H2,1-2H3/q+1. The Morgan fingerprint density at radius 2 is 1.91 bits per heavy atom. The van der Waals surface area contributed by atoms with Crippen molar-refractivity contribution in [2.24, 2.45) is 4.99 Å². The number of morpholine rings is 1. The van der Waals surface area contributed by atoms with E-state index in [1.54, 1.807) is 7.05 Å². The number of guanidine groups is 1. The maximum atomic E-state index is 13.6. The number of imide groups is 1. The fraction of sp³-hybridized carbons (Fsp3) is 0.542. The molecule has 10 nitrogen and oxygen atoms in total. The van der Waals surface area contributed by atoms with E-state index in [1.807, 2.05) is 35.2 Å². The summed E-state index contributed by atoms with van der Waals surface area (Å²) in [7, 11) is 1.59. The first-order valence-corrected chi connectivity index (χ1v) is 11.8. The largest absolute Gasteiger partial charge is 0.464 e. The zero-order chi connectivity index (χ0) is 24.1. The number of amidine groups is 1. The van der Waals surface area contributed by atoms with Crippen LogP contribution >= 0.6 is 0 Å². The van der Waals surface area contributed by atoms with Gasteiger partial charge >= 0.3 is 18.0 Å². The number of fused-ring (bicyclic) bond motifs is 1. The molecule has 34 heavy (non-hydrogen) atoms. The van der Waals surface area contributed by atoms with Crippen molar-refractivity contribution >= 4 is 29.7 Å². The van der Waals surface area contributed by atoms with E-state index in [0.29, 0.717) is 44.6 Å². The number of ether oxygens (including phenoxy) is 2. The highest BCUT2D eigenvalue weighted by molar-refractivity contribution is 6.26. The average Bonchev–Trinajstić information content (AvgIpc) is 3.23. The minimum Gasteiger partial charge on any atom is -0.464 e. The summed E-state index contributed by atoms with van der Waals surface area (Å²) in [4.78, 5) is 48.0. The molecule has 3 aliphatic heterocycles. The van der Waals surface area contributed by atoms with Gasteiger partial charge in [-0.25, -0.2) is 14.6 Å². The summed E-state index contributed by atoms with van der Waals surface area (Å²) in [6.07, 6.45) is 2.72. The van der Waals surface area contributed by atoms with Crippen LogP contribution in [0.1, 0.15) is 31.7 Å². The summed E-state index contributed by atoms with van der Waals surface area (Å²) >= 11 is 0. The summed E-state index contributed by atoms with van der Waals surface area (Å²) in [5.74, 6) is -0.0349. The van der Waals surface area contributed by atoms with E-state index in [-0.39, 0.29) is 6.61 Å². The molecule has 2 saturated heterocycles. The minimum absolute atomic E-state index is 0.282. The number of esters is 1. The number of rotatable bonds is 8. The molecular formula is C24H32N5O5+. The minimum atomic E-state index is -0.798. The molecule has 0 bridgehead atoms. The van der Waals surface area contributed by atoms with Gasteiger partial charge < -0.3 is 9.47 Å². The van der Waals surface area contributed by atoms with Gasteiger partial charge in [0.1, 0.15) is 6.54 Å². The van der Waals surface area contributed by atoms with Gasteiger partial charge in [-0.2, -0.15) is 0 Å². The van der Waals surface area contributed by atoms with Crippen molar-refractivity contribution in [1.82, 2.24) is 14.7 Å². The number of carbonyl (C=O) groups excluding carboxylic acids is 3. The SMILES string of the molecule is CCCCCOC(=O)CN1C(=O)C2C(=NC(=[N+]3CCOCC3)N2Cc2ccccc2)N(C)C1=O. The van der Waals surface area contributed by atoms with Crippen LogP contribution in [0.2, 0.25) is 0 Å². The Hall–Kier alpha value is -3.27. The van der Waals surface area contributed by atoms with E-state index in [0.717, 1.165) is 29.7 Å². The Kier molecular flexibility index (Phi) is 7.56. The number of amides is 3. The Labute approximate surface area is 199 Å². The van der Waals surface area contributed by atoms with E-state index < -0.39 is 30.5 Å². The van der Waals surface area contributed by atoms with Crippen LogP contribution in [0.3, 0.4) is 0 Å². The van der Waals surface area contributed by atoms with Gasteiger partial charge in [0, 0.05) is 7.05 Å². The molecule has 3 aliphatic rings. The van der Waals surface area contributed by atoms with Crippen molar-refractivity contribution in [3.63, 3.8) is 0 Å². The number of urea groups is 1. The predicted octanol–water partition coefficient (Wildman–Crippen LogP) is 1.30. The molecule has 1 aromatic rings. The topological polar surface area (TPSA) is 94.8 Å². The van der Waals surface area contributed by atoms with Crippen LogP contribution in [-0.4, -0.2) is 102 Å². The molecule has 4 rings (SSSR count). The molecule has 182 valence electrons. The van der Waals surface area contributed by atoms with Crippen LogP contribution in [0.4, 0.5) is 4.79 Å². The fourth-order valence-corrected chi connectivity index (χ4v) is 4.32. The van der Waals surface area contributed by atoms with Gasteiger partial charge in [0.2, 0.25) is 11.9 Å². The average molecular weight is 471 g/mol. The molecule has 0 aliphatic carbocycles. The van der Waals surface area contributed by atoms with Crippen molar-refractivity contribution in [2.45, 2.75) is 38.8 Å². The lowest BCUT2D eigenvalue weighted by atomic mass is 10.1. The zero-order valence-electron chi connectivity index (χ0n) is 19.8. The Bertz CT molecular complexity index is 985. The number of unbranched alkanes of at least 4 members (excludes halogenated alkanes) is 2. The van der Waals surface area contributed by atoms with Crippen molar-refractivity contribution < 1.29 is 28.4 Å². The van der Waals surface area contributed by atoms with E-state index in [4.69, 9.17) is 14.5 Å². The second-order valence-corrected chi connectivity index (χ2v) is 8.58. The van der Waals surface area contributed by atoms with Crippen molar-refractivity contribution in [1.29, 1.82) is 0 Å². The van der Waals surface area contributed by atoms with Crippen LogP contribution in [-0.2, 0) is 25.6 Å². The van der Waals surface area contributed by atoms with Crippen LogP contribution in [0.5, 0.6) is 0 Å². The predicted molar refractivity (Wildman–Crippen MR) is 124 cm³/mol. The van der Waals surface area contributed by atoms with Gasteiger partial charge in [-0.15, -0.1) is 0 Å². The number of aliphatic imine (C=N–C) groups is 1. The number of carbonyl (C=O) groups is 3. The van der Waals surface area contributed by atoms with Crippen molar-refractivity contribution in [3.05, 3.63) is 35.9 Å². The van der Waals surface area contributed by atoms with Crippen molar-refractivity contribution in [2.75, 3.05) is 46.5 Å². The number of hydrogen-bond acceptors (Lipinski definition) is 5. The Morgan fingerprint density at radius 1 is 1.18 bits per heavy atom. The lowest BCUT2D eigenvalue weighted by Gasteiger charge is -2.34. The molecule has 0 radical (unpaired) electrons. The van der Waals surface area contributed by atoms with Crippen LogP contribution in [0.15, 0.2) is 35.3 Å². The Balaban J connectivity index is 1.60. The summed E-state index contributed by atoms with van der Waals surface area (Å²) in [6, 6.07) is 8.43. The van der Waals surface area contributed by atoms with Gasteiger partial charge in [-0.1, -0.05) is 55.1 Å². The molecule has 10 heteroatoms. The quantitative estimate of drug-likeness (QED) is 0.323. The molecule has 1 aromatic carbocycles. The Morgan fingerprint density at radius 3 is 2.62 bits per heavy atom. The number of likely N-dealkylation sites (N-methyl/N-ethyl adjacent to an activating group) is 1. The van der Waals surface area contributed by atoms with Gasteiger partial charge in [0.25, 0.3) is 5.91 Å². The van der Waals surface area contributed by atoms with Crippen LogP contribution in [0.25, 0.3) is 0 Å². The molecule has 0 aromatic heterocycles. The first-order valence-electron chi connectivity index (χ1n) is 11.8. The van der Waals surface area contributed by atoms with Crippen LogP contribution < -0.4 is 0 Å². The third kappa shape index (κ3) is 4.96. The molecule has 0 N–H and O–H groups in total. The molecular weight excluding hydrogens is 438 g/mol. The normalized spacial score (nSPS) is 20.6. The summed E-state index contributed by atoms with van der Waals surface area (Å²) in [5, 5.41) is 0. The van der Waals surface area contributed by atoms with E-state index >= 15 is 0 Å². The van der Waals surface area contributed by atoms with Gasteiger partial charge in [0.05, 0.1) is 39.5 Å². The maximum absolute atomic E-state index is 13.6. The monoisotopic (exact) mass is 470 g/mol. The van der Waals surface area contributed by atoms with E-state index in [9.17, 15) is 14.4 Å². The summed E-state index contributed by atoms with van der Waals surface area (Å²) in [6.45, 7) is 4.79. The van der Waals surface area contributed by atoms with Crippen molar-refractivity contribution in [3.8, 4) is 0 Å². The number of hydrogen-bond donors (Lipinski definition) is 0. The van der Waals surface area contributed by atoms with E-state index in [2.05, 4.69) is 11.5 Å². The molecule has 3 heterocycles. The van der Waals surface area contributed by atoms with Gasteiger partial charge in [-0.05, 0) is 12.0 Å². The fourth-order valence-electron chi connectivity index (χ4n) is 4.32. The second-order valence-electron chi connectivity index (χ2n) is 8.58. The molecule has 0 saturated carbocycles. The zero-order valence-corrected chi connectivity index (χ0v) is 19.8. The molecule has 0 spiro atoms. The number of benzene rings is 1. The smallest absolute Gasteiger partial charge is 0.392 e. The summed E-state index contributed by atoms with van der Waals surface area (Å²) < 4.78 is 12.8. The van der Waals surface area contributed by atoms with Gasteiger partial charge in [0.15, 0.2) is 0 Å². The first-order chi connectivity index (χ1) is 16.5. The molecule has 2 fully saturated rings. The van der Waals surface area contributed by atoms with Gasteiger partial charge in [-0.3, -0.25) is 19.1 Å². The third-order valence-electron chi connectivity index (χ3n) is 6.18. The molecule has 3 amide bonds. The lowest BCUT2D eigenvalue weighted by Crippen LogP contribution is -2.64. The second kappa shape index (κ2) is 10.8. The molecule has 1 atom stereocenters. The highest BCUT2D eigenvalue weighted by atomic mass is 16.5.